The van der Waals surface area contributed by atoms with E-state index in [1.54, 1.807) is 4.90 Å². The Hall–Kier alpha value is -1.17. The zero-order valence-electron chi connectivity index (χ0n) is 9.98. The van der Waals surface area contributed by atoms with Crippen molar-refractivity contribution in [3.8, 4) is 0 Å². The fourth-order valence-electron chi connectivity index (χ4n) is 1.86. The predicted octanol–water partition coefficient (Wildman–Crippen LogP) is 1.22. The molecule has 2 rings (SSSR count). The molecule has 0 bridgehead atoms. The number of amides is 1. The zero-order valence-corrected chi connectivity index (χ0v) is 11.6. The summed E-state index contributed by atoms with van der Waals surface area (Å²) in [4.78, 5) is 24.1. The maximum Gasteiger partial charge on any atom is 0.241 e. The second kappa shape index (κ2) is 5.00. The minimum Gasteiger partial charge on any atom is -0.347 e. The summed E-state index contributed by atoms with van der Waals surface area (Å²) in [5.74, 6) is 1.65. The molecule has 1 aliphatic rings. The number of likely N-dealkylation sites (N-methyl/N-ethyl adjacent to an activating group) is 1. The monoisotopic (exact) mass is 298 g/mol. The molecule has 17 heavy (non-hydrogen) atoms. The van der Waals surface area contributed by atoms with Crippen LogP contribution >= 0.6 is 15.9 Å². The Morgan fingerprint density at radius 3 is 2.82 bits per heavy atom. The van der Waals surface area contributed by atoms with Gasteiger partial charge in [-0.25, -0.2) is 9.97 Å². The largest absolute Gasteiger partial charge is 0.347 e. The summed E-state index contributed by atoms with van der Waals surface area (Å²) in [5.41, 5.74) is 0. The van der Waals surface area contributed by atoms with Crippen molar-refractivity contribution in [3.05, 3.63) is 16.5 Å². The van der Waals surface area contributed by atoms with E-state index in [0.717, 1.165) is 29.9 Å². The van der Waals surface area contributed by atoms with Gasteiger partial charge in [0, 0.05) is 26.2 Å². The number of nitrogens with zero attached hydrogens (tertiary/aromatic N) is 4. The van der Waals surface area contributed by atoms with Gasteiger partial charge in [0.25, 0.3) is 0 Å². The lowest BCUT2D eigenvalue weighted by Crippen LogP contribution is -2.34. The Morgan fingerprint density at radius 1 is 1.35 bits per heavy atom. The summed E-state index contributed by atoms with van der Waals surface area (Å²) < 4.78 is 0.755. The summed E-state index contributed by atoms with van der Waals surface area (Å²) in [6.07, 6.45) is 0.961. The van der Waals surface area contributed by atoms with Gasteiger partial charge < -0.3 is 9.80 Å². The highest BCUT2D eigenvalue weighted by Gasteiger charge is 2.20. The maximum atomic E-state index is 11.8. The quantitative estimate of drug-likeness (QED) is 0.732. The van der Waals surface area contributed by atoms with Gasteiger partial charge >= 0.3 is 0 Å². The third-order valence-corrected chi connectivity index (χ3v) is 3.20. The molecule has 1 aromatic rings. The van der Waals surface area contributed by atoms with E-state index in [2.05, 4.69) is 25.9 Å². The Balaban J connectivity index is 2.23. The van der Waals surface area contributed by atoms with Crippen molar-refractivity contribution in [1.82, 2.24) is 14.9 Å². The van der Waals surface area contributed by atoms with Gasteiger partial charge in [-0.15, -0.1) is 0 Å². The topological polar surface area (TPSA) is 49.3 Å². The molecule has 1 saturated heterocycles. The first kappa shape index (κ1) is 12.3. The molecular formula is C11H15BrN4O. The minimum absolute atomic E-state index is 0.134. The van der Waals surface area contributed by atoms with Crippen molar-refractivity contribution < 1.29 is 4.79 Å². The van der Waals surface area contributed by atoms with E-state index in [-0.39, 0.29) is 5.91 Å². The average molecular weight is 299 g/mol. The molecule has 0 spiro atoms. The number of aryl methyl sites for hydroxylation is 1. The van der Waals surface area contributed by atoms with Gasteiger partial charge in [-0.05, 0) is 29.3 Å². The number of halogens is 1. The van der Waals surface area contributed by atoms with Crippen LogP contribution in [0.15, 0.2) is 10.7 Å². The number of rotatable bonds is 1. The van der Waals surface area contributed by atoms with Crippen LogP contribution in [-0.2, 0) is 4.79 Å². The lowest BCUT2D eigenvalue weighted by Gasteiger charge is -2.21. The van der Waals surface area contributed by atoms with Gasteiger partial charge in [-0.1, -0.05) is 0 Å². The van der Waals surface area contributed by atoms with Gasteiger partial charge in [0.2, 0.25) is 5.91 Å². The van der Waals surface area contributed by atoms with Crippen molar-refractivity contribution in [2.45, 2.75) is 13.3 Å². The van der Waals surface area contributed by atoms with Crippen molar-refractivity contribution in [3.63, 3.8) is 0 Å². The first-order chi connectivity index (χ1) is 8.06. The number of carbonyl (C=O) groups excluding carboxylic acids is 1. The van der Waals surface area contributed by atoms with Crippen molar-refractivity contribution >= 4 is 27.7 Å². The number of hydrogen-bond acceptors (Lipinski definition) is 4. The summed E-state index contributed by atoms with van der Waals surface area (Å²) >= 11 is 3.35. The van der Waals surface area contributed by atoms with E-state index in [1.807, 2.05) is 24.9 Å². The summed E-state index contributed by atoms with van der Waals surface area (Å²) in [6.45, 7) is 3.89. The van der Waals surface area contributed by atoms with E-state index in [4.69, 9.17) is 0 Å². The van der Waals surface area contributed by atoms with Crippen LogP contribution in [0.4, 0.5) is 5.82 Å². The third-order valence-electron chi connectivity index (χ3n) is 2.79. The van der Waals surface area contributed by atoms with E-state index >= 15 is 0 Å². The SMILES string of the molecule is Cc1nc(Br)cc(N2CCCN(C)C(=O)C2)n1. The molecule has 5 nitrogen and oxygen atoms in total. The molecule has 0 unspecified atom stereocenters. The summed E-state index contributed by atoms with van der Waals surface area (Å²) in [5, 5.41) is 0. The molecule has 0 saturated carbocycles. The second-order valence-electron chi connectivity index (χ2n) is 4.19. The van der Waals surface area contributed by atoms with Crippen LogP contribution in [0.5, 0.6) is 0 Å². The van der Waals surface area contributed by atoms with Gasteiger partial charge in [0.15, 0.2) is 0 Å². The van der Waals surface area contributed by atoms with E-state index in [9.17, 15) is 4.79 Å². The molecule has 1 amide bonds. The highest BCUT2D eigenvalue weighted by Crippen LogP contribution is 2.18. The minimum atomic E-state index is 0.134. The summed E-state index contributed by atoms with van der Waals surface area (Å²) in [7, 11) is 1.84. The molecule has 0 radical (unpaired) electrons. The lowest BCUT2D eigenvalue weighted by atomic mass is 10.4. The highest BCUT2D eigenvalue weighted by atomic mass is 79.9. The molecule has 0 aliphatic carbocycles. The summed E-state index contributed by atoms with van der Waals surface area (Å²) in [6, 6.07) is 1.85. The van der Waals surface area contributed by atoms with Gasteiger partial charge in [-0.3, -0.25) is 4.79 Å². The number of aromatic nitrogens is 2. The zero-order chi connectivity index (χ0) is 12.4. The van der Waals surface area contributed by atoms with E-state index in [1.165, 1.54) is 0 Å². The van der Waals surface area contributed by atoms with Crippen LogP contribution in [0.1, 0.15) is 12.2 Å². The number of anilines is 1. The molecule has 2 heterocycles. The standard InChI is InChI=1S/C11H15BrN4O/c1-8-13-9(12)6-10(14-8)16-5-3-4-15(2)11(17)7-16/h6H,3-5,7H2,1-2H3. The normalized spacial score (nSPS) is 17.2. The first-order valence-electron chi connectivity index (χ1n) is 5.56. The van der Waals surface area contributed by atoms with Crippen LogP contribution in [0, 0.1) is 6.92 Å². The maximum absolute atomic E-state index is 11.8. The second-order valence-corrected chi connectivity index (χ2v) is 5.00. The Morgan fingerprint density at radius 2 is 2.12 bits per heavy atom. The van der Waals surface area contributed by atoms with Gasteiger partial charge in [0.1, 0.15) is 16.2 Å². The van der Waals surface area contributed by atoms with Crippen LogP contribution < -0.4 is 4.90 Å². The molecule has 92 valence electrons. The van der Waals surface area contributed by atoms with Crippen LogP contribution in [0.2, 0.25) is 0 Å². The van der Waals surface area contributed by atoms with Crippen molar-refractivity contribution in [2.75, 3.05) is 31.6 Å². The number of carbonyl (C=O) groups is 1. The average Bonchev–Trinajstić information content (AvgIpc) is 2.40. The molecule has 1 aromatic heterocycles. The van der Waals surface area contributed by atoms with Crippen molar-refractivity contribution in [2.24, 2.45) is 0 Å². The molecular weight excluding hydrogens is 284 g/mol. The third kappa shape index (κ3) is 2.94. The molecule has 0 aromatic carbocycles. The van der Waals surface area contributed by atoms with Crippen molar-refractivity contribution in [1.29, 1.82) is 0 Å². The van der Waals surface area contributed by atoms with E-state index in [0.29, 0.717) is 12.4 Å². The van der Waals surface area contributed by atoms with Crippen LogP contribution in [0.3, 0.4) is 0 Å². The molecule has 0 N–H and O–H groups in total. The molecule has 1 fully saturated rings. The Kier molecular flexibility index (Phi) is 3.61. The van der Waals surface area contributed by atoms with Gasteiger partial charge in [0.05, 0.1) is 6.54 Å². The molecule has 6 heteroatoms. The predicted molar refractivity (Wildman–Crippen MR) is 68.9 cm³/mol. The van der Waals surface area contributed by atoms with Crippen LogP contribution in [0.25, 0.3) is 0 Å². The van der Waals surface area contributed by atoms with Crippen LogP contribution in [-0.4, -0.2) is 47.5 Å². The fraction of sp³-hybridized carbons (Fsp3) is 0.545. The number of hydrogen-bond donors (Lipinski definition) is 0. The smallest absolute Gasteiger partial charge is 0.241 e. The Bertz CT molecular complexity index is 417. The van der Waals surface area contributed by atoms with Gasteiger partial charge in [-0.2, -0.15) is 0 Å². The fourth-order valence-corrected chi connectivity index (χ4v) is 2.32. The Labute approximate surface area is 109 Å². The lowest BCUT2D eigenvalue weighted by molar-refractivity contribution is -0.127. The molecule has 0 atom stereocenters. The molecule has 1 aliphatic heterocycles. The van der Waals surface area contributed by atoms with E-state index < -0.39 is 0 Å². The first-order valence-corrected chi connectivity index (χ1v) is 6.35. The highest BCUT2D eigenvalue weighted by molar-refractivity contribution is 9.10.